The SMILES string of the molecule is C=CCNC(=O)c1ccccc1NC(=O)c1ccc(NC(=O)c2ccco2)s1. The van der Waals surface area contributed by atoms with Crippen LogP contribution in [0.15, 0.2) is 71.9 Å². The Hall–Kier alpha value is -3.65. The molecule has 3 aromatic rings. The molecule has 0 aliphatic heterocycles. The van der Waals surface area contributed by atoms with E-state index in [1.807, 2.05) is 0 Å². The minimum atomic E-state index is -0.400. The maximum Gasteiger partial charge on any atom is 0.291 e. The summed E-state index contributed by atoms with van der Waals surface area (Å²) in [5, 5.41) is 8.58. The normalized spacial score (nSPS) is 10.1. The van der Waals surface area contributed by atoms with Gasteiger partial charge in [-0.15, -0.1) is 17.9 Å². The Morgan fingerprint density at radius 2 is 1.79 bits per heavy atom. The Balaban J connectivity index is 1.69. The molecule has 3 rings (SSSR count). The molecule has 0 aliphatic rings. The fraction of sp³-hybridized carbons (Fsp3) is 0.0500. The summed E-state index contributed by atoms with van der Waals surface area (Å²) in [4.78, 5) is 37.2. The molecule has 0 saturated heterocycles. The van der Waals surface area contributed by atoms with Crippen molar-refractivity contribution in [1.82, 2.24) is 5.32 Å². The lowest BCUT2D eigenvalue weighted by Crippen LogP contribution is -2.25. The predicted octanol–water partition coefficient (Wildman–Crippen LogP) is 3.76. The van der Waals surface area contributed by atoms with E-state index in [4.69, 9.17) is 4.42 Å². The van der Waals surface area contributed by atoms with Crippen LogP contribution in [0.1, 0.15) is 30.6 Å². The third-order valence-electron chi connectivity index (χ3n) is 3.64. The third-order valence-corrected chi connectivity index (χ3v) is 4.64. The van der Waals surface area contributed by atoms with E-state index in [2.05, 4.69) is 22.5 Å². The molecule has 3 amide bonds. The monoisotopic (exact) mass is 395 g/mol. The lowest BCUT2D eigenvalue weighted by Gasteiger charge is -2.10. The van der Waals surface area contributed by atoms with Crippen LogP contribution in [-0.4, -0.2) is 24.3 Å². The minimum absolute atomic E-state index is 0.180. The van der Waals surface area contributed by atoms with Crippen molar-refractivity contribution in [2.75, 3.05) is 17.2 Å². The molecule has 0 fully saturated rings. The number of hydrogen-bond acceptors (Lipinski definition) is 5. The van der Waals surface area contributed by atoms with Crippen LogP contribution in [0.2, 0.25) is 0 Å². The van der Waals surface area contributed by atoms with Gasteiger partial charge in [0, 0.05) is 6.54 Å². The van der Waals surface area contributed by atoms with Crippen LogP contribution in [-0.2, 0) is 0 Å². The van der Waals surface area contributed by atoms with Crippen molar-refractivity contribution >= 4 is 39.7 Å². The summed E-state index contributed by atoms with van der Waals surface area (Å²) in [6.45, 7) is 3.88. The largest absolute Gasteiger partial charge is 0.459 e. The third kappa shape index (κ3) is 4.54. The maximum absolute atomic E-state index is 12.6. The first kappa shape index (κ1) is 19.1. The number of rotatable bonds is 7. The molecule has 0 spiro atoms. The van der Waals surface area contributed by atoms with E-state index < -0.39 is 5.91 Å². The number of furan rings is 1. The van der Waals surface area contributed by atoms with Gasteiger partial charge in [0.2, 0.25) is 0 Å². The second-order valence-corrected chi connectivity index (χ2v) is 6.68. The highest BCUT2D eigenvalue weighted by atomic mass is 32.1. The van der Waals surface area contributed by atoms with Gasteiger partial charge >= 0.3 is 0 Å². The van der Waals surface area contributed by atoms with Crippen molar-refractivity contribution in [2.24, 2.45) is 0 Å². The Kier molecular flexibility index (Phi) is 6.03. The van der Waals surface area contributed by atoms with Gasteiger partial charge in [0.1, 0.15) is 0 Å². The molecule has 2 heterocycles. The highest BCUT2D eigenvalue weighted by Gasteiger charge is 2.16. The molecule has 142 valence electrons. The number of para-hydroxylation sites is 1. The summed E-state index contributed by atoms with van der Waals surface area (Å²) in [5.41, 5.74) is 0.740. The lowest BCUT2D eigenvalue weighted by molar-refractivity contribution is 0.0957. The fourth-order valence-electron chi connectivity index (χ4n) is 2.34. The van der Waals surface area contributed by atoms with Crippen LogP contribution >= 0.6 is 11.3 Å². The second-order valence-electron chi connectivity index (χ2n) is 5.59. The zero-order valence-electron chi connectivity index (χ0n) is 14.7. The van der Waals surface area contributed by atoms with E-state index in [0.717, 1.165) is 11.3 Å². The van der Waals surface area contributed by atoms with Crippen LogP contribution in [0.25, 0.3) is 0 Å². The average molecular weight is 395 g/mol. The molecule has 0 bridgehead atoms. The predicted molar refractivity (Wildman–Crippen MR) is 108 cm³/mol. The second kappa shape index (κ2) is 8.83. The van der Waals surface area contributed by atoms with Crippen molar-refractivity contribution in [1.29, 1.82) is 0 Å². The number of anilines is 2. The Morgan fingerprint density at radius 3 is 2.54 bits per heavy atom. The molecule has 3 N–H and O–H groups in total. The topological polar surface area (TPSA) is 100 Å². The Bertz CT molecular complexity index is 1010. The molecule has 0 unspecified atom stereocenters. The van der Waals surface area contributed by atoms with Gasteiger partial charge in [0.25, 0.3) is 17.7 Å². The number of carbonyl (C=O) groups excluding carboxylic acids is 3. The van der Waals surface area contributed by atoms with Crippen molar-refractivity contribution in [3.63, 3.8) is 0 Å². The van der Waals surface area contributed by atoms with Crippen LogP contribution in [0, 0.1) is 0 Å². The number of amides is 3. The zero-order chi connectivity index (χ0) is 19.9. The molecule has 28 heavy (non-hydrogen) atoms. The maximum atomic E-state index is 12.6. The van der Waals surface area contributed by atoms with Gasteiger partial charge in [0.05, 0.1) is 27.4 Å². The van der Waals surface area contributed by atoms with Crippen LogP contribution in [0.5, 0.6) is 0 Å². The molecular formula is C20H17N3O4S. The van der Waals surface area contributed by atoms with E-state index in [1.165, 1.54) is 6.26 Å². The van der Waals surface area contributed by atoms with E-state index in [1.54, 1.807) is 54.6 Å². The van der Waals surface area contributed by atoms with E-state index >= 15 is 0 Å². The van der Waals surface area contributed by atoms with Crippen molar-refractivity contribution in [2.45, 2.75) is 0 Å². The molecular weight excluding hydrogens is 378 g/mol. The molecule has 0 atom stereocenters. The highest BCUT2D eigenvalue weighted by molar-refractivity contribution is 7.18. The zero-order valence-corrected chi connectivity index (χ0v) is 15.5. The first-order chi connectivity index (χ1) is 13.6. The number of carbonyl (C=O) groups is 3. The molecule has 2 aromatic heterocycles. The van der Waals surface area contributed by atoms with Gasteiger partial charge in [-0.05, 0) is 36.4 Å². The van der Waals surface area contributed by atoms with Gasteiger partial charge in [-0.25, -0.2) is 0 Å². The molecule has 0 radical (unpaired) electrons. The summed E-state index contributed by atoms with van der Waals surface area (Å²) in [5.74, 6) is -0.914. The van der Waals surface area contributed by atoms with Crippen LogP contribution < -0.4 is 16.0 Å². The smallest absolute Gasteiger partial charge is 0.291 e. The first-order valence-corrected chi connectivity index (χ1v) is 9.14. The lowest BCUT2D eigenvalue weighted by atomic mass is 10.1. The molecule has 1 aromatic carbocycles. The Labute approximate surface area is 165 Å². The summed E-state index contributed by atoms with van der Waals surface area (Å²) >= 11 is 1.11. The molecule has 0 aliphatic carbocycles. The number of nitrogens with one attached hydrogen (secondary N) is 3. The molecule has 7 nitrogen and oxygen atoms in total. The van der Waals surface area contributed by atoms with E-state index in [9.17, 15) is 14.4 Å². The van der Waals surface area contributed by atoms with Crippen molar-refractivity contribution in [3.05, 3.63) is 83.6 Å². The average Bonchev–Trinajstić information content (AvgIpc) is 3.38. The standard InChI is InChI=1S/C20H17N3O4S/c1-2-11-21-18(24)13-6-3-4-7-14(13)22-20(26)16-9-10-17(28-16)23-19(25)15-8-5-12-27-15/h2-10,12H,1,11H2,(H,21,24)(H,22,26)(H,23,25). The van der Waals surface area contributed by atoms with E-state index in [-0.39, 0.29) is 17.6 Å². The summed E-state index contributed by atoms with van der Waals surface area (Å²) < 4.78 is 5.03. The summed E-state index contributed by atoms with van der Waals surface area (Å²) in [7, 11) is 0. The van der Waals surface area contributed by atoms with E-state index in [0.29, 0.717) is 27.7 Å². The van der Waals surface area contributed by atoms with Gasteiger partial charge in [0.15, 0.2) is 5.76 Å². The summed E-state index contributed by atoms with van der Waals surface area (Å²) in [6.07, 6.45) is 2.98. The van der Waals surface area contributed by atoms with Gasteiger partial charge < -0.3 is 20.4 Å². The number of benzene rings is 1. The van der Waals surface area contributed by atoms with Crippen LogP contribution in [0.3, 0.4) is 0 Å². The number of thiophene rings is 1. The van der Waals surface area contributed by atoms with Crippen LogP contribution in [0.4, 0.5) is 10.7 Å². The summed E-state index contributed by atoms with van der Waals surface area (Å²) in [6, 6.07) is 13.1. The minimum Gasteiger partial charge on any atom is -0.459 e. The van der Waals surface area contributed by atoms with Gasteiger partial charge in [-0.3, -0.25) is 14.4 Å². The molecule has 0 saturated carbocycles. The first-order valence-electron chi connectivity index (χ1n) is 8.32. The number of hydrogen-bond donors (Lipinski definition) is 3. The highest BCUT2D eigenvalue weighted by Crippen LogP contribution is 2.24. The van der Waals surface area contributed by atoms with Gasteiger partial charge in [-0.2, -0.15) is 0 Å². The Morgan fingerprint density at radius 1 is 0.964 bits per heavy atom. The fourth-order valence-corrected chi connectivity index (χ4v) is 3.14. The van der Waals surface area contributed by atoms with Crippen molar-refractivity contribution < 1.29 is 18.8 Å². The van der Waals surface area contributed by atoms with Gasteiger partial charge in [-0.1, -0.05) is 18.2 Å². The molecule has 8 heteroatoms. The quantitative estimate of drug-likeness (QED) is 0.530. The van der Waals surface area contributed by atoms with Crippen molar-refractivity contribution in [3.8, 4) is 0 Å².